The number of thioether (sulfide) groups is 1. The summed E-state index contributed by atoms with van der Waals surface area (Å²) in [5.74, 6) is -1.78. The fourth-order valence-corrected chi connectivity index (χ4v) is 5.64. The van der Waals surface area contributed by atoms with E-state index in [-0.39, 0.29) is 18.3 Å². The summed E-state index contributed by atoms with van der Waals surface area (Å²) < 4.78 is 43.4. The Morgan fingerprint density at radius 3 is 2.07 bits per heavy atom. The molecule has 2 aromatic rings. The quantitative estimate of drug-likeness (QED) is 0.116. The standard InChI is InChI=1S/C22H32N2O4S3.C7H6FNO/c1-3-5-7-13-23(14-8-6-4-2)19-11-9-18(10-12-19)17-20-21(25)24(22(29)30-20)15-16-31(26,27)28;8-6-3-1-5(2-4-6)7(9)10/h9-12,17H,3-8,13-16H2,1-2H3,(H,26,27,28);1-4H,(H2,9,10). The second-order valence-electron chi connectivity index (χ2n) is 9.48. The van der Waals surface area contributed by atoms with Crippen molar-refractivity contribution in [3.05, 3.63) is 70.4 Å². The van der Waals surface area contributed by atoms with Crippen molar-refractivity contribution < 1.29 is 27.0 Å². The fourth-order valence-electron chi connectivity index (χ4n) is 3.92. The van der Waals surface area contributed by atoms with Gasteiger partial charge in [0.05, 0.1) is 10.7 Å². The van der Waals surface area contributed by atoms with E-state index in [2.05, 4.69) is 30.9 Å². The summed E-state index contributed by atoms with van der Waals surface area (Å²) in [6, 6.07) is 13.2. The zero-order valence-corrected chi connectivity index (χ0v) is 25.9. The van der Waals surface area contributed by atoms with E-state index in [4.69, 9.17) is 22.5 Å². The number of anilines is 1. The molecular formula is C29H38FN3O5S3. The normalized spacial score (nSPS) is 14.2. The van der Waals surface area contributed by atoms with Crippen molar-refractivity contribution in [3.8, 4) is 0 Å². The van der Waals surface area contributed by atoms with E-state index < -0.39 is 21.8 Å². The number of nitrogens with zero attached hydrogens (tertiary/aromatic N) is 2. The van der Waals surface area contributed by atoms with Crippen LogP contribution in [-0.2, 0) is 14.9 Å². The molecule has 3 rings (SSSR count). The van der Waals surface area contributed by atoms with Crippen LogP contribution in [0.2, 0.25) is 0 Å². The molecular weight excluding hydrogens is 586 g/mol. The van der Waals surface area contributed by atoms with Crippen LogP contribution < -0.4 is 10.6 Å². The number of carbonyl (C=O) groups excluding carboxylic acids is 2. The number of primary amides is 1. The largest absolute Gasteiger partial charge is 0.372 e. The van der Waals surface area contributed by atoms with Crippen molar-refractivity contribution in [2.24, 2.45) is 5.73 Å². The van der Waals surface area contributed by atoms with Gasteiger partial charge in [-0.2, -0.15) is 8.42 Å². The maximum atomic E-state index is 12.6. The van der Waals surface area contributed by atoms with Crippen molar-refractivity contribution in [3.63, 3.8) is 0 Å². The zero-order valence-electron chi connectivity index (χ0n) is 23.4. The van der Waals surface area contributed by atoms with E-state index in [0.717, 1.165) is 30.4 Å². The van der Waals surface area contributed by atoms with Gasteiger partial charge in [-0.15, -0.1) is 0 Å². The van der Waals surface area contributed by atoms with E-state index in [1.165, 1.54) is 73.4 Å². The maximum absolute atomic E-state index is 12.6. The predicted molar refractivity (Wildman–Crippen MR) is 169 cm³/mol. The minimum Gasteiger partial charge on any atom is -0.372 e. The highest BCUT2D eigenvalue weighted by Gasteiger charge is 2.32. The average Bonchev–Trinajstić information content (AvgIpc) is 3.19. The SMILES string of the molecule is CCCCCN(CCCCC)c1ccc(C=C2SC(=S)N(CCS(=O)(=O)O)C2=O)cc1.NC(=O)c1ccc(F)cc1. The first-order valence-corrected chi connectivity index (χ1v) is 16.4. The molecule has 3 N–H and O–H groups in total. The second kappa shape index (κ2) is 17.2. The Hall–Kier alpha value is -2.80. The molecule has 41 heavy (non-hydrogen) atoms. The van der Waals surface area contributed by atoms with Gasteiger partial charge in [0.15, 0.2) is 0 Å². The topological polar surface area (TPSA) is 121 Å². The summed E-state index contributed by atoms with van der Waals surface area (Å²) in [5, 5.41) is 0. The van der Waals surface area contributed by atoms with Crippen molar-refractivity contribution in [2.75, 3.05) is 30.3 Å². The molecule has 0 saturated carbocycles. The summed E-state index contributed by atoms with van der Waals surface area (Å²) in [4.78, 5) is 27.1. The van der Waals surface area contributed by atoms with Crippen LogP contribution in [0, 0.1) is 5.82 Å². The Kier molecular flexibility index (Phi) is 14.5. The molecule has 224 valence electrons. The molecule has 1 fully saturated rings. The number of benzene rings is 2. The summed E-state index contributed by atoms with van der Waals surface area (Å²) in [5.41, 5.74) is 7.30. The molecule has 1 aliphatic rings. The second-order valence-corrected chi connectivity index (χ2v) is 12.7. The number of thiocarbonyl (C=S) groups is 1. The molecule has 8 nitrogen and oxygen atoms in total. The van der Waals surface area contributed by atoms with Gasteiger partial charge in [0.25, 0.3) is 16.0 Å². The maximum Gasteiger partial charge on any atom is 0.266 e. The third-order valence-corrected chi connectivity index (χ3v) is 8.27. The van der Waals surface area contributed by atoms with Gasteiger partial charge >= 0.3 is 0 Å². The number of hydrogen-bond donors (Lipinski definition) is 2. The van der Waals surface area contributed by atoms with Crippen molar-refractivity contribution in [1.82, 2.24) is 4.90 Å². The summed E-state index contributed by atoms with van der Waals surface area (Å²) in [6.45, 7) is 6.36. The summed E-state index contributed by atoms with van der Waals surface area (Å²) >= 11 is 6.35. The molecule has 0 radical (unpaired) electrons. The van der Waals surface area contributed by atoms with Crippen molar-refractivity contribution in [2.45, 2.75) is 52.4 Å². The Bertz CT molecular complexity index is 1290. The number of amides is 2. The Morgan fingerprint density at radius 2 is 1.59 bits per heavy atom. The van der Waals surface area contributed by atoms with Crippen molar-refractivity contribution >= 4 is 62.0 Å². The molecule has 0 spiro atoms. The van der Waals surface area contributed by atoms with Crippen LogP contribution in [0.3, 0.4) is 0 Å². The number of unbranched alkanes of at least 4 members (excludes halogenated alkanes) is 4. The molecule has 1 aliphatic heterocycles. The number of nitrogens with two attached hydrogens (primary N) is 1. The van der Waals surface area contributed by atoms with E-state index in [1.807, 2.05) is 12.1 Å². The molecule has 12 heteroatoms. The third-order valence-electron chi connectivity index (χ3n) is 6.19. The lowest BCUT2D eigenvalue weighted by Crippen LogP contribution is -2.32. The molecule has 0 bridgehead atoms. The highest BCUT2D eigenvalue weighted by Crippen LogP contribution is 2.32. The molecule has 1 heterocycles. The lowest BCUT2D eigenvalue weighted by Gasteiger charge is -2.25. The molecule has 2 aromatic carbocycles. The van der Waals surface area contributed by atoms with Crippen LogP contribution in [0.25, 0.3) is 6.08 Å². The molecule has 0 unspecified atom stereocenters. The number of rotatable bonds is 14. The van der Waals surface area contributed by atoms with Crippen LogP contribution in [0.15, 0.2) is 53.4 Å². The first-order valence-electron chi connectivity index (χ1n) is 13.6. The Balaban J connectivity index is 0.000000493. The van der Waals surface area contributed by atoms with Gasteiger partial charge < -0.3 is 10.6 Å². The van der Waals surface area contributed by atoms with Gasteiger partial charge in [0.2, 0.25) is 5.91 Å². The minimum atomic E-state index is -4.15. The van der Waals surface area contributed by atoms with Gasteiger partial charge in [-0.05, 0) is 60.9 Å². The lowest BCUT2D eigenvalue weighted by molar-refractivity contribution is -0.121. The van der Waals surface area contributed by atoms with Gasteiger partial charge in [-0.25, -0.2) is 4.39 Å². The monoisotopic (exact) mass is 623 g/mol. The highest BCUT2D eigenvalue weighted by molar-refractivity contribution is 8.26. The summed E-state index contributed by atoms with van der Waals surface area (Å²) in [7, 11) is -4.15. The van der Waals surface area contributed by atoms with Crippen LogP contribution in [0.1, 0.15) is 68.3 Å². The van der Waals surface area contributed by atoms with E-state index in [9.17, 15) is 22.4 Å². The lowest BCUT2D eigenvalue weighted by atomic mass is 10.1. The first-order chi connectivity index (χ1) is 19.4. The molecule has 0 atom stereocenters. The highest BCUT2D eigenvalue weighted by atomic mass is 32.2. The van der Waals surface area contributed by atoms with Gasteiger partial charge in [0, 0.05) is 30.9 Å². The first kappa shape index (κ1) is 34.4. The smallest absolute Gasteiger partial charge is 0.266 e. The minimum absolute atomic E-state index is 0.149. The predicted octanol–water partition coefficient (Wildman–Crippen LogP) is 5.89. The molecule has 0 aromatic heterocycles. The molecule has 2 amide bonds. The van der Waals surface area contributed by atoms with E-state index in [1.54, 1.807) is 6.08 Å². The van der Waals surface area contributed by atoms with Crippen LogP contribution in [0.5, 0.6) is 0 Å². The molecule has 0 aliphatic carbocycles. The zero-order chi connectivity index (χ0) is 30.4. The Labute approximate surface area is 251 Å². The van der Waals surface area contributed by atoms with Crippen LogP contribution in [0.4, 0.5) is 10.1 Å². The van der Waals surface area contributed by atoms with Crippen LogP contribution in [-0.4, -0.2) is 59.4 Å². The van der Waals surface area contributed by atoms with Crippen LogP contribution >= 0.6 is 24.0 Å². The van der Waals surface area contributed by atoms with Crippen molar-refractivity contribution in [1.29, 1.82) is 0 Å². The average molecular weight is 624 g/mol. The van der Waals surface area contributed by atoms with E-state index >= 15 is 0 Å². The molecule has 1 saturated heterocycles. The fraction of sp³-hybridized carbons (Fsp3) is 0.414. The van der Waals surface area contributed by atoms with Gasteiger partial charge in [-0.3, -0.25) is 19.0 Å². The van der Waals surface area contributed by atoms with Gasteiger partial charge in [0.1, 0.15) is 10.1 Å². The number of carbonyl (C=O) groups is 2. The number of halogens is 1. The summed E-state index contributed by atoms with van der Waals surface area (Å²) in [6.07, 6.45) is 8.97. The van der Waals surface area contributed by atoms with E-state index in [0.29, 0.717) is 14.8 Å². The third kappa shape index (κ3) is 12.3. The Morgan fingerprint density at radius 1 is 1.02 bits per heavy atom. The van der Waals surface area contributed by atoms with Gasteiger partial charge in [-0.1, -0.05) is 75.6 Å². The number of hydrogen-bond acceptors (Lipinski definition) is 7.